The van der Waals surface area contributed by atoms with Gasteiger partial charge in [-0.1, -0.05) is 24.3 Å². The van der Waals surface area contributed by atoms with Gasteiger partial charge in [0.25, 0.3) is 0 Å². The van der Waals surface area contributed by atoms with Crippen molar-refractivity contribution in [3.05, 3.63) is 59.7 Å². The Morgan fingerprint density at radius 1 is 1.10 bits per heavy atom. The van der Waals surface area contributed by atoms with Gasteiger partial charge >= 0.3 is 0 Å². The van der Waals surface area contributed by atoms with Crippen LogP contribution in [0.3, 0.4) is 0 Å². The van der Waals surface area contributed by atoms with E-state index in [0.717, 1.165) is 23.6 Å². The molecule has 0 fully saturated rings. The maximum absolute atomic E-state index is 8.84. The van der Waals surface area contributed by atoms with Crippen LogP contribution in [0.4, 0.5) is 0 Å². The molecule has 1 N–H and O–H groups in total. The van der Waals surface area contributed by atoms with E-state index in [0.29, 0.717) is 18.7 Å². The maximum Gasteiger partial charge on any atom is 0.161 e. The van der Waals surface area contributed by atoms with Crippen LogP contribution >= 0.6 is 0 Å². The van der Waals surface area contributed by atoms with Crippen molar-refractivity contribution in [3.63, 3.8) is 0 Å². The molecule has 0 saturated heterocycles. The fourth-order valence-corrected chi connectivity index (χ4v) is 1.95. The van der Waals surface area contributed by atoms with Crippen LogP contribution in [0.5, 0.6) is 11.5 Å². The first-order valence-electron chi connectivity index (χ1n) is 6.79. The highest BCUT2D eigenvalue weighted by atomic mass is 16.5. The molecule has 21 heavy (non-hydrogen) atoms. The number of benzene rings is 2. The van der Waals surface area contributed by atoms with Gasteiger partial charge < -0.3 is 14.8 Å². The molecule has 0 aromatic heterocycles. The van der Waals surface area contributed by atoms with Gasteiger partial charge in [-0.25, -0.2) is 0 Å². The normalized spacial score (nSPS) is 9.90. The molecule has 0 amide bonds. The first-order chi connectivity index (χ1) is 10.3. The lowest BCUT2D eigenvalue weighted by molar-refractivity contribution is 0.292. The zero-order valence-corrected chi connectivity index (χ0v) is 12.0. The minimum Gasteiger partial charge on any atom is -0.493 e. The van der Waals surface area contributed by atoms with Crippen molar-refractivity contribution in [2.24, 2.45) is 0 Å². The Bertz CT molecular complexity index is 620. The van der Waals surface area contributed by atoms with Gasteiger partial charge in [0.2, 0.25) is 0 Å². The van der Waals surface area contributed by atoms with Gasteiger partial charge in [0.15, 0.2) is 11.5 Å². The molecule has 0 aliphatic carbocycles. The van der Waals surface area contributed by atoms with E-state index in [9.17, 15) is 0 Å². The van der Waals surface area contributed by atoms with Crippen molar-refractivity contribution in [3.8, 4) is 17.6 Å². The van der Waals surface area contributed by atoms with Crippen LogP contribution in [0.25, 0.3) is 0 Å². The summed E-state index contributed by atoms with van der Waals surface area (Å²) in [5, 5.41) is 12.1. The molecule has 0 bridgehead atoms. The number of para-hydroxylation sites is 2. The van der Waals surface area contributed by atoms with Gasteiger partial charge in [0.05, 0.1) is 18.7 Å². The van der Waals surface area contributed by atoms with Crippen molar-refractivity contribution >= 4 is 0 Å². The van der Waals surface area contributed by atoms with E-state index in [4.69, 9.17) is 14.7 Å². The summed E-state index contributed by atoms with van der Waals surface area (Å²) in [6, 6.07) is 17.3. The molecule has 0 aliphatic heterocycles. The molecular weight excluding hydrogens is 264 g/mol. The highest BCUT2D eigenvalue weighted by Gasteiger charge is 2.01. The Morgan fingerprint density at radius 2 is 1.90 bits per heavy atom. The highest BCUT2D eigenvalue weighted by molar-refractivity contribution is 5.39. The summed E-state index contributed by atoms with van der Waals surface area (Å²) in [4.78, 5) is 0. The quantitative estimate of drug-likeness (QED) is 0.793. The average molecular weight is 282 g/mol. The number of ether oxygens (including phenoxy) is 2. The Balaban J connectivity index is 1.74. The second-order valence-corrected chi connectivity index (χ2v) is 4.49. The number of nitrogens with zero attached hydrogens (tertiary/aromatic N) is 1. The number of hydrogen-bond donors (Lipinski definition) is 1. The molecule has 0 unspecified atom stereocenters. The summed E-state index contributed by atoms with van der Waals surface area (Å²) in [5.41, 5.74) is 1.77. The van der Waals surface area contributed by atoms with E-state index < -0.39 is 0 Å². The average Bonchev–Trinajstić information content (AvgIpc) is 2.55. The van der Waals surface area contributed by atoms with E-state index >= 15 is 0 Å². The molecule has 0 aliphatic rings. The Kier molecular flexibility index (Phi) is 5.62. The van der Waals surface area contributed by atoms with Crippen LogP contribution in [0.15, 0.2) is 48.5 Å². The van der Waals surface area contributed by atoms with E-state index in [1.807, 2.05) is 42.5 Å². The summed E-state index contributed by atoms with van der Waals surface area (Å²) in [6.07, 6.45) is 0. The van der Waals surface area contributed by atoms with Crippen molar-refractivity contribution in [2.75, 3.05) is 20.3 Å². The topological polar surface area (TPSA) is 54.3 Å². The maximum atomic E-state index is 8.84. The number of rotatable bonds is 7. The third-order valence-electron chi connectivity index (χ3n) is 2.99. The third kappa shape index (κ3) is 4.51. The van der Waals surface area contributed by atoms with Crippen LogP contribution in [0.2, 0.25) is 0 Å². The van der Waals surface area contributed by atoms with Crippen LogP contribution in [-0.4, -0.2) is 20.3 Å². The van der Waals surface area contributed by atoms with E-state index in [2.05, 4.69) is 11.4 Å². The van der Waals surface area contributed by atoms with Gasteiger partial charge in [-0.05, 0) is 29.8 Å². The number of nitriles is 1. The predicted molar refractivity (Wildman–Crippen MR) is 81.4 cm³/mol. The van der Waals surface area contributed by atoms with Crippen LogP contribution in [-0.2, 0) is 6.54 Å². The highest BCUT2D eigenvalue weighted by Crippen LogP contribution is 2.25. The molecule has 2 aromatic carbocycles. The number of nitrogens with one attached hydrogen (secondary N) is 1. The summed E-state index contributed by atoms with van der Waals surface area (Å²) in [5.74, 6) is 1.48. The zero-order chi connectivity index (χ0) is 14.9. The fraction of sp³-hybridized carbons (Fsp3) is 0.235. The van der Waals surface area contributed by atoms with Gasteiger partial charge in [-0.15, -0.1) is 0 Å². The monoisotopic (exact) mass is 282 g/mol. The van der Waals surface area contributed by atoms with Crippen LogP contribution in [0.1, 0.15) is 11.1 Å². The second-order valence-electron chi connectivity index (χ2n) is 4.49. The van der Waals surface area contributed by atoms with Gasteiger partial charge in [0.1, 0.15) is 6.61 Å². The van der Waals surface area contributed by atoms with E-state index in [1.54, 1.807) is 13.2 Å². The van der Waals surface area contributed by atoms with Crippen molar-refractivity contribution in [1.82, 2.24) is 5.32 Å². The minimum atomic E-state index is 0.554. The molecular formula is C17H18N2O2. The molecule has 2 aromatic rings. The Morgan fingerprint density at radius 3 is 2.67 bits per heavy atom. The molecule has 2 rings (SSSR count). The Hall–Kier alpha value is -2.51. The molecule has 0 atom stereocenters. The summed E-state index contributed by atoms with van der Waals surface area (Å²) in [7, 11) is 1.63. The Labute approximate surface area is 124 Å². The standard InChI is InChI=1S/C17H18N2O2/c1-20-16-7-2-3-8-17(16)21-10-9-19-13-15-6-4-5-14(11-15)12-18/h2-8,11,19H,9-10,13H2,1H3. The molecule has 0 spiro atoms. The first-order valence-corrected chi connectivity index (χ1v) is 6.79. The van der Waals surface area contributed by atoms with Crippen molar-refractivity contribution in [1.29, 1.82) is 5.26 Å². The lowest BCUT2D eigenvalue weighted by atomic mass is 10.1. The fourth-order valence-electron chi connectivity index (χ4n) is 1.95. The third-order valence-corrected chi connectivity index (χ3v) is 2.99. The van der Waals surface area contributed by atoms with Crippen LogP contribution < -0.4 is 14.8 Å². The smallest absolute Gasteiger partial charge is 0.161 e. The van der Waals surface area contributed by atoms with E-state index in [1.165, 1.54) is 0 Å². The lowest BCUT2D eigenvalue weighted by Gasteiger charge is -2.10. The second kappa shape index (κ2) is 7.93. The van der Waals surface area contributed by atoms with Gasteiger partial charge in [0, 0.05) is 13.1 Å². The zero-order valence-electron chi connectivity index (χ0n) is 12.0. The lowest BCUT2D eigenvalue weighted by Crippen LogP contribution is -2.20. The summed E-state index contributed by atoms with van der Waals surface area (Å²) in [6.45, 7) is 1.98. The molecule has 0 saturated carbocycles. The van der Waals surface area contributed by atoms with Crippen molar-refractivity contribution < 1.29 is 9.47 Å². The minimum absolute atomic E-state index is 0.554. The van der Waals surface area contributed by atoms with E-state index in [-0.39, 0.29) is 0 Å². The first kappa shape index (κ1) is 14.9. The van der Waals surface area contributed by atoms with Gasteiger partial charge in [-0.3, -0.25) is 0 Å². The summed E-state index contributed by atoms with van der Waals surface area (Å²) < 4.78 is 10.9. The van der Waals surface area contributed by atoms with Gasteiger partial charge in [-0.2, -0.15) is 5.26 Å². The predicted octanol–water partition coefficient (Wildman–Crippen LogP) is 2.74. The largest absolute Gasteiger partial charge is 0.493 e. The molecule has 0 heterocycles. The molecule has 4 nitrogen and oxygen atoms in total. The molecule has 4 heteroatoms. The number of hydrogen-bond acceptors (Lipinski definition) is 4. The number of methoxy groups -OCH3 is 1. The van der Waals surface area contributed by atoms with Crippen LogP contribution in [0, 0.1) is 11.3 Å². The molecule has 0 radical (unpaired) electrons. The SMILES string of the molecule is COc1ccccc1OCCNCc1cccc(C#N)c1. The van der Waals surface area contributed by atoms with Crippen molar-refractivity contribution in [2.45, 2.75) is 6.54 Å². The summed E-state index contributed by atoms with van der Waals surface area (Å²) >= 11 is 0. The molecule has 108 valence electrons.